The Morgan fingerprint density at radius 3 is 1.89 bits per heavy atom. The van der Waals surface area contributed by atoms with E-state index in [-0.39, 0.29) is 17.4 Å². The Balaban J connectivity index is 1.17. The molecule has 0 aliphatic carbocycles. The number of amides is 3. The number of rotatable bonds is 8. The molecule has 1 aliphatic rings. The molecule has 234 valence electrons. The fourth-order valence-electron chi connectivity index (χ4n) is 5.33. The van der Waals surface area contributed by atoms with Crippen LogP contribution in [0.4, 0.5) is 17.1 Å². The van der Waals surface area contributed by atoms with Gasteiger partial charge < -0.3 is 10.6 Å². The monoisotopic (exact) mass is 677 g/mol. The van der Waals surface area contributed by atoms with E-state index >= 15 is 0 Å². The second kappa shape index (κ2) is 14.7. The van der Waals surface area contributed by atoms with E-state index in [1.807, 2.05) is 53.4 Å². The third-order valence-electron chi connectivity index (χ3n) is 7.67. The van der Waals surface area contributed by atoms with Crippen LogP contribution in [0.25, 0.3) is 6.08 Å². The van der Waals surface area contributed by atoms with Crippen molar-refractivity contribution in [1.82, 2.24) is 5.32 Å². The molecule has 0 radical (unpaired) electrons. The molecular weight excluding hydrogens is 649 g/mol. The van der Waals surface area contributed by atoms with Crippen molar-refractivity contribution < 1.29 is 14.4 Å². The van der Waals surface area contributed by atoms with E-state index in [1.165, 1.54) is 17.8 Å². The number of carbonyl (C=O) groups is 3. The van der Waals surface area contributed by atoms with Crippen LogP contribution in [0.15, 0.2) is 132 Å². The van der Waals surface area contributed by atoms with Crippen molar-refractivity contribution >= 4 is 75.8 Å². The smallest absolute Gasteiger partial charge is 0.272 e. The SMILES string of the molecule is O=C(Nc1ccc(SCC(=O)N2c3ccccc3CCc3ccccc32)cc1)/C(=C/c1c(Cl)cccc1Cl)NC(=O)c1ccccc1. The van der Waals surface area contributed by atoms with Gasteiger partial charge in [-0.05, 0) is 90.7 Å². The van der Waals surface area contributed by atoms with Crippen LogP contribution in [0.1, 0.15) is 27.0 Å². The number of halogens is 2. The summed E-state index contributed by atoms with van der Waals surface area (Å²) in [5.41, 5.74) is 5.39. The molecule has 6 rings (SSSR count). The summed E-state index contributed by atoms with van der Waals surface area (Å²) in [5.74, 6) is -0.803. The Kier molecular flexibility index (Phi) is 10.1. The number of nitrogens with zero attached hydrogens (tertiary/aromatic N) is 1. The minimum atomic E-state index is -0.556. The van der Waals surface area contributed by atoms with Gasteiger partial charge in [-0.25, -0.2) is 0 Å². The molecule has 3 amide bonds. The molecule has 47 heavy (non-hydrogen) atoms. The van der Waals surface area contributed by atoms with Gasteiger partial charge in [-0.2, -0.15) is 0 Å². The molecule has 6 nitrogen and oxygen atoms in total. The molecule has 5 aromatic carbocycles. The molecule has 2 N–H and O–H groups in total. The number of nitrogens with one attached hydrogen (secondary N) is 2. The van der Waals surface area contributed by atoms with Crippen LogP contribution < -0.4 is 15.5 Å². The normalized spacial score (nSPS) is 12.4. The van der Waals surface area contributed by atoms with Crippen molar-refractivity contribution in [2.24, 2.45) is 0 Å². The second-order valence-electron chi connectivity index (χ2n) is 10.8. The van der Waals surface area contributed by atoms with Crippen LogP contribution in [0, 0.1) is 0 Å². The Labute approximate surface area is 287 Å². The highest BCUT2D eigenvalue weighted by Gasteiger charge is 2.25. The first-order chi connectivity index (χ1) is 22.9. The van der Waals surface area contributed by atoms with Crippen molar-refractivity contribution in [1.29, 1.82) is 0 Å². The van der Waals surface area contributed by atoms with Gasteiger partial charge in [0, 0.05) is 31.8 Å². The van der Waals surface area contributed by atoms with Crippen LogP contribution in [0.3, 0.4) is 0 Å². The molecule has 0 spiro atoms. The summed E-state index contributed by atoms with van der Waals surface area (Å²) in [4.78, 5) is 42.9. The zero-order chi connectivity index (χ0) is 32.8. The number of thioether (sulfide) groups is 1. The number of benzene rings is 5. The van der Waals surface area contributed by atoms with E-state index in [0.717, 1.165) is 40.2 Å². The van der Waals surface area contributed by atoms with Gasteiger partial charge in [0.15, 0.2) is 0 Å². The standard InChI is InChI=1S/C38H29Cl2N3O3S/c39-31-13-8-14-32(40)30(31)23-33(42-37(45)27-11-2-1-3-12-27)38(46)41-28-19-21-29(22-20-28)47-24-36(44)43-34-15-6-4-9-25(34)17-18-26-10-5-7-16-35(26)43/h1-16,19-23H,17-18,24H2,(H,41,46)(H,42,45)/b33-23-. The summed E-state index contributed by atoms with van der Waals surface area (Å²) in [7, 11) is 0. The molecular formula is C38H29Cl2N3O3S. The van der Waals surface area contributed by atoms with Gasteiger partial charge in [-0.3, -0.25) is 19.3 Å². The summed E-state index contributed by atoms with van der Waals surface area (Å²) in [6.45, 7) is 0. The quantitative estimate of drug-likeness (QED) is 0.127. The number of fused-ring (bicyclic) bond motifs is 2. The molecule has 9 heteroatoms. The van der Waals surface area contributed by atoms with Crippen molar-refractivity contribution in [3.05, 3.63) is 159 Å². The zero-order valence-corrected chi connectivity index (χ0v) is 27.4. The van der Waals surface area contributed by atoms with Crippen LogP contribution in [0.5, 0.6) is 0 Å². The summed E-state index contributed by atoms with van der Waals surface area (Å²) in [6, 6.07) is 36.9. The highest BCUT2D eigenvalue weighted by Crippen LogP contribution is 2.37. The highest BCUT2D eigenvalue weighted by molar-refractivity contribution is 8.00. The average Bonchev–Trinajstić information content (AvgIpc) is 3.26. The average molecular weight is 679 g/mol. The lowest BCUT2D eigenvalue weighted by Gasteiger charge is -2.25. The summed E-state index contributed by atoms with van der Waals surface area (Å²) < 4.78 is 0. The van der Waals surface area contributed by atoms with Gasteiger partial charge in [-0.1, -0.05) is 83.9 Å². The zero-order valence-electron chi connectivity index (χ0n) is 25.1. The van der Waals surface area contributed by atoms with E-state index in [0.29, 0.717) is 26.9 Å². The number of carbonyl (C=O) groups excluding carboxylic acids is 3. The predicted octanol–water partition coefficient (Wildman–Crippen LogP) is 8.96. The van der Waals surface area contributed by atoms with Crippen LogP contribution >= 0.6 is 35.0 Å². The van der Waals surface area contributed by atoms with E-state index in [2.05, 4.69) is 22.8 Å². The molecule has 1 aliphatic heterocycles. The van der Waals surface area contributed by atoms with Gasteiger partial charge >= 0.3 is 0 Å². The molecule has 0 saturated heterocycles. The first-order valence-electron chi connectivity index (χ1n) is 14.9. The third kappa shape index (κ3) is 7.60. The van der Waals surface area contributed by atoms with Crippen LogP contribution in [-0.2, 0) is 22.4 Å². The van der Waals surface area contributed by atoms with Crippen molar-refractivity contribution in [2.45, 2.75) is 17.7 Å². The minimum Gasteiger partial charge on any atom is -0.321 e. The maximum absolute atomic E-state index is 13.7. The van der Waals surface area contributed by atoms with Crippen molar-refractivity contribution in [2.75, 3.05) is 16.0 Å². The first kappa shape index (κ1) is 32.1. The lowest BCUT2D eigenvalue weighted by molar-refractivity contribution is -0.115. The fourth-order valence-corrected chi connectivity index (χ4v) is 6.58. The minimum absolute atomic E-state index is 0.0173. The van der Waals surface area contributed by atoms with Crippen molar-refractivity contribution in [3.8, 4) is 0 Å². The Morgan fingerprint density at radius 2 is 1.28 bits per heavy atom. The Morgan fingerprint density at radius 1 is 0.702 bits per heavy atom. The molecule has 0 unspecified atom stereocenters. The molecule has 0 fully saturated rings. The van der Waals surface area contributed by atoms with E-state index in [1.54, 1.807) is 60.7 Å². The summed E-state index contributed by atoms with van der Waals surface area (Å²) in [5, 5.41) is 6.20. The molecule has 0 aromatic heterocycles. The highest BCUT2D eigenvalue weighted by atomic mass is 35.5. The predicted molar refractivity (Wildman–Crippen MR) is 192 cm³/mol. The van der Waals surface area contributed by atoms with E-state index < -0.39 is 11.8 Å². The topological polar surface area (TPSA) is 78.5 Å². The molecule has 0 saturated carbocycles. The lowest BCUT2D eigenvalue weighted by atomic mass is 10.0. The number of para-hydroxylation sites is 2. The lowest BCUT2D eigenvalue weighted by Crippen LogP contribution is -2.30. The van der Waals surface area contributed by atoms with Gasteiger partial charge in [0.05, 0.1) is 17.1 Å². The van der Waals surface area contributed by atoms with E-state index in [4.69, 9.17) is 23.2 Å². The number of anilines is 3. The Hall–Kier alpha value is -4.82. The number of aryl methyl sites for hydroxylation is 2. The van der Waals surface area contributed by atoms with E-state index in [9.17, 15) is 14.4 Å². The molecule has 5 aromatic rings. The number of hydrogen-bond donors (Lipinski definition) is 2. The molecule has 0 bridgehead atoms. The second-order valence-corrected chi connectivity index (χ2v) is 12.6. The van der Waals surface area contributed by atoms with Crippen LogP contribution in [0.2, 0.25) is 10.0 Å². The molecule has 0 atom stereocenters. The maximum Gasteiger partial charge on any atom is 0.272 e. The van der Waals surface area contributed by atoms with Gasteiger partial charge in [-0.15, -0.1) is 11.8 Å². The summed E-state index contributed by atoms with van der Waals surface area (Å²) >= 11 is 14.2. The van der Waals surface area contributed by atoms with Crippen LogP contribution in [-0.4, -0.2) is 23.5 Å². The first-order valence-corrected chi connectivity index (χ1v) is 16.7. The molecule has 1 heterocycles. The summed E-state index contributed by atoms with van der Waals surface area (Å²) in [6.07, 6.45) is 3.20. The van der Waals surface area contributed by atoms with Gasteiger partial charge in [0.1, 0.15) is 5.70 Å². The third-order valence-corrected chi connectivity index (χ3v) is 9.33. The van der Waals surface area contributed by atoms with Crippen molar-refractivity contribution in [3.63, 3.8) is 0 Å². The number of hydrogen-bond acceptors (Lipinski definition) is 4. The largest absolute Gasteiger partial charge is 0.321 e. The van der Waals surface area contributed by atoms with Gasteiger partial charge in [0.25, 0.3) is 11.8 Å². The Bertz CT molecular complexity index is 1910. The fraction of sp³-hybridized carbons (Fsp3) is 0.0789. The van der Waals surface area contributed by atoms with Gasteiger partial charge in [0.2, 0.25) is 5.91 Å². The maximum atomic E-state index is 13.7.